The van der Waals surface area contributed by atoms with Gasteiger partial charge in [-0.2, -0.15) is 0 Å². The summed E-state index contributed by atoms with van der Waals surface area (Å²) in [5.74, 6) is 0.548. The summed E-state index contributed by atoms with van der Waals surface area (Å²) in [7, 11) is 0. The topological polar surface area (TPSA) is 97.2 Å². The number of carbonyl (C=O) groups is 1. The van der Waals surface area contributed by atoms with E-state index in [1.165, 1.54) is 17.8 Å². The van der Waals surface area contributed by atoms with Gasteiger partial charge in [0, 0.05) is 29.0 Å². The molecule has 142 valence electrons. The number of hydrogen-bond acceptors (Lipinski definition) is 6. The van der Waals surface area contributed by atoms with Crippen molar-refractivity contribution in [2.75, 3.05) is 11.9 Å². The number of benzene rings is 2. The highest BCUT2D eigenvalue weighted by Gasteiger charge is 2.10. The van der Waals surface area contributed by atoms with Gasteiger partial charge in [0.05, 0.1) is 17.6 Å². The lowest BCUT2D eigenvalue weighted by Gasteiger charge is -2.08. The minimum atomic E-state index is -0.555. The molecule has 0 spiro atoms. The minimum absolute atomic E-state index is 0.275. The minimum Gasteiger partial charge on any atom is -0.450 e. The molecule has 28 heavy (non-hydrogen) atoms. The lowest BCUT2D eigenvalue weighted by atomic mass is 10.1. The highest BCUT2D eigenvalue weighted by molar-refractivity contribution is 7.98. The van der Waals surface area contributed by atoms with Gasteiger partial charge in [-0.25, -0.2) is 14.6 Å². The molecule has 1 amide bonds. The maximum absolute atomic E-state index is 12.0. The highest BCUT2D eigenvalue weighted by Crippen LogP contribution is 2.27. The largest absolute Gasteiger partial charge is 0.450 e. The number of thioether (sulfide) groups is 1. The summed E-state index contributed by atoms with van der Waals surface area (Å²) in [6.07, 6.45) is -0.555. The molecule has 0 aliphatic carbocycles. The fraction of sp³-hybridized carbons (Fsp3) is 0.150. The van der Waals surface area contributed by atoms with E-state index in [9.17, 15) is 9.59 Å². The van der Waals surface area contributed by atoms with Crippen molar-refractivity contribution in [2.24, 2.45) is 0 Å². The van der Waals surface area contributed by atoms with E-state index in [0.29, 0.717) is 17.0 Å². The zero-order chi connectivity index (χ0) is 19.5. The van der Waals surface area contributed by atoms with Gasteiger partial charge in [0.2, 0.25) is 0 Å². The van der Waals surface area contributed by atoms with Crippen LogP contribution in [0.5, 0.6) is 0 Å². The molecule has 0 bridgehead atoms. The number of nitrogens with zero attached hydrogens (tertiary/aromatic N) is 1. The first-order valence-electron chi connectivity index (χ1n) is 8.70. The van der Waals surface area contributed by atoms with E-state index in [0.717, 1.165) is 27.1 Å². The van der Waals surface area contributed by atoms with E-state index in [4.69, 9.17) is 9.15 Å². The molecule has 0 aliphatic rings. The number of ether oxygens (including phenoxy) is 1. The molecule has 0 saturated carbocycles. The fourth-order valence-corrected chi connectivity index (χ4v) is 3.73. The molecule has 0 radical (unpaired) electrons. The number of para-hydroxylation sites is 2. The summed E-state index contributed by atoms with van der Waals surface area (Å²) in [6, 6.07) is 14.5. The predicted molar refractivity (Wildman–Crippen MR) is 109 cm³/mol. The molecule has 7 nitrogen and oxygen atoms in total. The second kappa shape index (κ2) is 7.77. The second-order valence-electron chi connectivity index (χ2n) is 5.99. The van der Waals surface area contributed by atoms with Crippen LogP contribution in [0.3, 0.4) is 0 Å². The van der Waals surface area contributed by atoms with Crippen LogP contribution in [0.25, 0.3) is 22.0 Å². The first-order valence-corrected chi connectivity index (χ1v) is 9.69. The van der Waals surface area contributed by atoms with Gasteiger partial charge < -0.3 is 14.1 Å². The summed E-state index contributed by atoms with van der Waals surface area (Å²) >= 11 is 1.51. The molecule has 0 atom stereocenters. The number of amides is 1. The Bertz CT molecular complexity index is 1180. The number of aromatic nitrogens is 2. The highest BCUT2D eigenvalue weighted by atomic mass is 32.2. The van der Waals surface area contributed by atoms with Crippen molar-refractivity contribution >= 4 is 45.5 Å². The van der Waals surface area contributed by atoms with Crippen molar-refractivity contribution in [2.45, 2.75) is 17.8 Å². The molecule has 0 unspecified atom stereocenters. The van der Waals surface area contributed by atoms with E-state index in [1.54, 1.807) is 19.1 Å². The normalized spacial score (nSPS) is 11.0. The maximum atomic E-state index is 12.0. The summed E-state index contributed by atoms with van der Waals surface area (Å²) in [4.78, 5) is 31.4. The fourth-order valence-electron chi connectivity index (χ4n) is 2.86. The molecule has 2 N–H and O–H groups in total. The third kappa shape index (κ3) is 3.86. The monoisotopic (exact) mass is 395 g/mol. The van der Waals surface area contributed by atoms with Crippen molar-refractivity contribution in [3.63, 3.8) is 0 Å². The number of anilines is 1. The SMILES string of the molecule is CCOC(=O)Nc1ccc2c(CSc3nc4ccccc4[nH]3)cc(=O)oc2c1. The third-order valence-corrected chi connectivity index (χ3v) is 5.01. The predicted octanol–water partition coefficient (Wildman–Crippen LogP) is 4.53. The average Bonchev–Trinajstić information content (AvgIpc) is 3.09. The Labute approximate surface area is 164 Å². The molecule has 4 aromatic rings. The van der Waals surface area contributed by atoms with E-state index in [-0.39, 0.29) is 6.61 Å². The zero-order valence-corrected chi connectivity index (χ0v) is 15.8. The van der Waals surface area contributed by atoms with Crippen LogP contribution in [0.2, 0.25) is 0 Å². The van der Waals surface area contributed by atoms with Crippen LogP contribution < -0.4 is 10.9 Å². The van der Waals surface area contributed by atoms with Crippen LogP contribution in [-0.2, 0) is 10.5 Å². The Morgan fingerprint density at radius 1 is 1.25 bits per heavy atom. The number of H-pyrrole nitrogens is 1. The maximum Gasteiger partial charge on any atom is 0.411 e. The van der Waals surface area contributed by atoms with E-state index in [2.05, 4.69) is 15.3 Å². The summed E-state index contributed by atoms with van der Waals surface area (Å²) < 4.78 is 10.2. The number of hydrogen-bond donors (Lipinski definition) is 2. The van der Waals surface area contributed by atoms with Gasteiger partial charge in [-0.15, -0.1) is 0 Å². The van der Waals surface area contributed by atoms with Crippen LogP contribution in [-0.4, -0.2) is 22.7 Å². The standard InChI is InChI=1S/C20H17N3O4S/c1-2-26-20(25)21-13-7-8-14-12(9-18(24)27-17(14)10-13)11-28-19-22-15-5-3-4-6-16(15)23-19/h3-10H,2,11H2,1H3,(H,21,25)(H,22,23). The Morgan fingerprint density at radius 2 is 2.11 bits per heavy atom. The molecule has 2 heterocycles. The number of nitrogens with one attached hydrogen (secondary N) is 2. The third-order valence-electron chi connectivity index (χ3n) is 4.08. The number of carbonyl (C=O) groups excluding carboxylic acids is 1. The van der Waals surface area contributed by atoms with Gasteiger partial charge >= 0.3 is 11.7 Å². The van der Waals surface area contributed by atoms with Crippen molar-refractivity contribution in [1.29, 1.82) is 0 Å². The van der Waals surface area contributed by atoms with Crippen LogP contribution in [0, 0.1) is 0 Å². The van der Waals surface area contributed by atoms with Crippen molar-refractivity contribution in [1.82, 2.24) is 9.97 Å². The zero-order valence-electron chi connectivity index (χ0n) is 15.0. The van der Waals surface area contributed by atoms with Crippen LogP contribution >= 0.6 is 11.8 Å². The van der Waals surface area contributed by atoms with Gasteiger partial charge in [0.15, 0.2) is 5.16 Å². The lowest BCUT2D eigenvalue weighted by molar-refractivity contribution is 0.168. The number of imidazole rings is 1. The van der Waals surface area contributed by atoms with E-state index >= 15 is 0 Å². The number of fused-ring (bicyclic) bond motifs is 2. The molecular weight excluding hydrogens is 378 g/mol. The number of rotatable bonds is 5. The molecular formula is C20H17N3O4S. The van der Waals surface area contributed by atoms with Gasteiger partial charge in [0.1, 0.15) is 5.58 Å². The number of aromatic amines is 1. The Balaban J connectivity index is 1.59. The first-order chi connectivity index (χ1) is 13.6. The van der Waals surface area contributed by atoms with E-state index < -0.39 is 11.7 Å². The van der Waals surface area contributed by atoms with Gasteiger partial charge in [-0.05, 0) is 36.8 Å². The molecule has 0 saturated heterocycles. The second-order valence-corrected chi connectivity index (χ2v) is 6.96. The van der Waals surface area contributed by atoms with Crippen molar-refractivity contribution in [3.8, 4) is 0 Å². The van der Waals surface area contributed by atoms with E-state index in [1.807, 2.05) is 30.3 Å². The summed E-state index contributed by atoms with van der Waals surface area (Å²) in [5, 5.41) is 4.19. The average molecular weight is 395 g/mol. The Morgan fingerprint density at radius 3 is 2.93 bits per heavy atom. The summed E-state index contributed by atoms with van der Waals surface area (Å²) in [6.45, 7) is 2.00. The quantitative estimate of drug-likeness (QED) is 0.381. The van der Waals surface area contributed by atoms with Gasteiger partial charge in [-0.3, -0.25) is 5.32 Å². The lowest BCUT2D eigenvalue weighted by Crippen LogP contribution is -2.13. The molecule has 4 rings (SSSR count). The van der Waals surface area contributed by atoms with Crippen molar-refractivity contribution < 1.29 is 13.9 Å². The smallest absolute Gasteiger partial charge is 0.411 e. The summed E-state index contributed by atoms with van der Waals surface area (Å²) in [5.41, 5.74) is 3.16. The molecule has 0 fully saturated rings. The molecule has 8 heteroatoms. The Hall–Kier alpha value is -3.26. The van der Waals surface area contributed by atoms with Crippen molar-refractivity contribution in [3.05, 3.63) is 64.5 Å². The first kappa shape index (κ1) is 18.1. The molecule has 2 aromatic heterocycles. The van der Waals surface area contributed by atoms with Gasteiger partial charge in [-0.1, -0.05) is 23.9 Å². The van der Waals surface area contributed by atoms with Crippen LogP contribution in [0.4, 0.5) is 10.5 Å². The van der Waals surface area contributed by atoms with Crippen LogP contribution in [0.15, 0.2) is 62.9 Å². The molecule has 2 aromatic carbocycles. The Kier molecular flexibility index (Phi) is 5.03. The van der Waals surface area contributed by atoms with Gasteiger partial charge in [0.25, 0.3) is 0 Å². The van der Waals surface area contributed by atoms with Crippen LogP contribution in [0.1, 0.15) is 12.5 Å². The molecule has 0 aliphatic heterocycles.